The van der Waals surface area contributed by atoms with Gasteiger partial charge in [-0.15, -0.1) is 10.2 Å². The van der Waals surface area contributed by atoms with E-state index in [0.717, 1.165) is 32.0 Å². The molecule has 7 nitrogen and oxygen atoms in total. The van der Waals surface area contributed by atoms with E-state index in [1.165, 1.54) is 5.69 Å². The Hall–Kier alpha value is -3.61. The maximum atomic E-state index is 12.5. The van der Waals surface area contributed by atoms with E-state index in [2.05, 4.69) is 49.6 Å². The van der Waals surface area contributed by atoms with Gasteiger partial charge >= 0.3 is 0 Å². The van der Waals surface area contributed by atoms with Crippen molar-refractivity contribution in [2.75, 3.05) is 48.4 Å². The van der Waals surface area contributed by atoms with Crippen molar-refractivity contribution in [3.05, 3.63) is 72.4 Å². The number of nitrogens with zero attached hydrogens (tertiary/aromatic N) is 4. The fraction of sp³-hybridized carbons (Fsp3) is 0.227. The van der Waals surface area contributed by atoms with Crippen LogP contribution in [0.25, 0.3) is 0 Å². The highest BCUT2D eigenvalue weighted by molar-refractivity contribution is 6.03. The number of hydrogen-bond donors (Lipinski definition) is 1. The zero-order chi connectivity index (χ0) is 20.1. The smallest absolute Gasteiger partial charge is 0.276 e. The molecule has 3 aromatic rings. The number of benzene rings is 2. The summed E-state index contributed by atoms with van der Waals surface area (Å²) in [6.45, 7) is 3.55. The van der Waals surface area contributed by atoms with E-state index in [1.54, 1.807) is 25.3 Å². The molecule has 1 saturated heterocycles. The van der Waals surface area contributed by atoms with Crippen LogP contribution < -0.4 is 19.9 Å². The Kier molecular flexibility index (Phi) is 5.56. The molecule has 2 heterocycles. The predicted molar refractivity (Wildman–Crippen MR) is 114 cm³/mol. The van der Waals surface area contributed by atoms with Crippen LogP contribution >= 0.6 is 0 Å². The second-order valence-electron chi connectivity index (χ2n) is 6.74. The molecule has 7 heteroatoms. The lowest BCUT2D eigenvalue weighted by molar-refractivity contribution is 0.102. The van der Waals surface area contributed by atoms with Crippen LogP contribution in [0.1, 0.15) is 10.5 Å². The summed E-state index contributed by atoms with van der Waals surface area (Å²) in [5.41, 5.74) is 2.10. The molecular formula is C22H23N5O2. The van der Waals surface area contributed by atoms with Crippen molar-refractivity contribution in [1.82, 2.24) is 10.2 Å². The monoisotopic (exact) mass is 389 g/mol. The summed E-state index contributed by atoms with van der Waals surface area (Å²) in [4.78, 5) is 17.0. The number of carbonyl (C=O) groups excluding carboxylic acids is 1. The molecule has 0 bridgehead atoms. The van der Waals surface area contributed by atoms with Crippen LogP contribution in [0.4, 0.5) is 17.2 Å². The lowest BCUT2D eigenvalue weighted by Gasteiger charge is -2.36. The summed E-state index contributed by atoms with van der Waals surface area (Å²) < 4.78 is 5.26. The summed E-state index contributed by atoms with van der Waals surface area (Å²) in [6.07, 6.45) is 0. The highest BCUT2D eigenvalue weighted by Crippen LogP contribution is 2.24. The first kappa shape index (κ1) is 18.7. The Balaban J connectivity index is 1.37. The molecule has 1 N–H and O–H groups in total. The van der Waals surface area contributed by atoms with E-state index in [0.29, 0.717) is 11.4 Å². The number of nitrogens with one attached hydrogen (secondary N) is 1. The molecule has 1 fully saturated rings. The first-order chi connectivity index (χ1) is 14.2. The summed E-state index contributed by atoms with van der Waals surface area (Å²) in [6, 6.07) is 21.2. The van der Waals surface area contributed by atoms with Gasteiger partial charge in [0, 0.05) is 31.9 Å². The van der Waals surface area contributed by atoms with Crippen molar-refractivity contribution in [3.63, 3.8) is 0 Å². The maximum Gasteiger partial charge on any atom is 0.276 e. The number of methoxy groups -OCH3 is 1. The second-order valence-corrected chi connectivity index (χ2v) is 6.74. The molecule has 0 spiro atoms. The van der Waals surface area contributed by atoms with Gasteiger partial charge in [0.05, 0.1) is 12.8 Å². The lowest BCUT2D eigenvalue weighted by atomic mass is 10.2. The van der Waals surface area contributed by atoms with Crippen molar-refractivity contribution >= 4 is 23.1 Å². The van der Waals surface area contributed by atoms with Crippen molar-refractivity contribution < 1.29 is 9.53 Å². The van der Waals surface area contributed by atoms with Gasteiger partial charge in [0.25, 0.3) is 5.91 Å². The lowest BCUT2D eigenvalue weighted by Crippen LogP contribution is -2.46. The van der Waals surface area contributed by atoms with Gasteiger partial charge in [-0.3, -0.25) is 4.79 Å². The molecule has 0 radical (unpaired) electrons. The third-order valence-electron chi connectivity index (χ3n) is 4.96. The summed E-state index contributed by atoms with van der Waals surface area (Å²) in [5, 5.41) is 11.2. The molecule has 0 aliphatic carbocycles. The van der Waals surface area contributed by atoms with Crippen molar-refractivity contribution in [1.29, 1.82) is 0 Å². The number of para-hydroxylation sites is 3. The van der Waals surface area contributed by atoms with Gasteiger partial charge in [-0.2, -0.15) is 0 Å². The second kappa shape index (κ2) is 8.60. The third-order valence-corrected chi connectivity index (χ3v) is 4.96. The van der Waals surface area contributed by atoms with Crippen molar-refractivity contribution in [3.8, 4) is 5.75 Å². The minimum atomic E-state index is -0.317. The zero-order valence-corrected chi connectivity index (χ0v) is 16.3. The molecule has 4 rings (SSSR count). The molecule has 1 aromatic heterocycles. The van der Waals surface area contributed by atoms with Gasteiger partial charge in [0.1, 0.15) is 5.75 Å². The SMILES string of the molecule is COc1ccccc1NC(=O)c1ccc(N2CCN(c3ccccc3)CC2)nn1. The fourth-order valence-electron chi connectivity index (χ4n) is 3.38. The van der Waals surface area contributed by atoms with Crippen LogP contribution in [-0.2, 0) is 0 Å². The molecular weight excluding hydrogens is 366 g/mol. The molecule has 1 aliphatic heterocycles. The van der Waals surface area contributed by atoms with Crippen LogP contribution in [0.15, 0.2) is 66.7 Å². The number of amides is 1. The molecule has 1 aliphatic rings. The number of aromatic nitrogens is 2. The minimum absolute atomic E-state index is 0.266. The van der Waals surface area contributed by atoms with E-state index < -0.39 is 0 Å². The number of carbonyl (C=O) groups is 1. The minimum Gasteiger partial charge on any atom is -0.495 e. The predicted octanol–water partition coefficient (Wildman–Crippen LogP) is 3.06. The summed E-state index contributed by atoms with van der Waals surface area (Å²) in [7, 11) is 1.57. The van der Waals surface area contributed by atoms with Gasteiger partial charge in [-0.25, -0.2) is 0 Å². The number of rotatable bonds is 5. The van der Waals surface area contributed by atoms with Crippen molar-refractivity contribution in [2.45, 2.75) is 0 Å². The number of hydrogen-bond acceptors (Lipinski definition) is 6. The number of anilines is 3. The van der Waals surface area contributed by atoms with Gasteiger partial charge in [0.15, 0.2) is 11.5 Å². The third kappa shape index (κ3) is 4.29. The topological polar surface area (TPSA) is 70.6 Å². The Morgan fingerprint density at radius 2 is 1.55 bits per heavy atom. The first-order valence-corrected chi connectivity index (χ1v) is 9.57. The largest absolute Gasteiger partial charge is 0.495 e. The summed E-state index contributed by atoms with van der Waals surface area (Å²) >= 11 is 0. The maximum absolute atomic E-state index is 12.5. The molecule has 0 unspecified atom stereocenters. The molecule has 29 heavy (non-hydrogen) atoms. The van der Waals surface area contributed by atoms with Crippen LogP contribution in [-0.4, -0.2) is 49.4 Å². The van der Waals surface area contributed by atoms with E-state index in [1.807, 2.05) is 24.3 Å². The van der Waals surface area contributed by atoms with E-state index >= 15 is 0 Å². The molecule has 2 aromatic carbocycles. The normalized spacial score (nSPS) is 13.8. The van der Waals surface area contributed by atoms with Gasteiger partial charge in [-0.1, -0.05) is 30.3 Å². The molecule has 0 saturated carbocycles. The summed E-state index contributed by atoms with van der Waals surface area (Å²) in [5.74, 6) is 1.07. The fourth-order valence-corrected chi connectivity index (χ4v) is 3.38. The zero-order valence-electron chi connectivity index (χ0n) is 16.3. The Labute approximate surface area is 169 Å². The highest BCUT2D eigenvalue weighted by atomic mass is 16.5. The number of ether oxygens (including phenoxy) is 1. The average Bonchev–Trinajstić information content (AvgIpc) is 2.80. The standard InChI is InChI=1S/C22H23N5O2/c1-29-20-10-6-5-9-18(20)23-22(28)19-11-12-21(25-24-19)27-15-13-26(14-16-27)17-7-3-2-4-8-17/h2-12H,13-16H2,1H3,(H,23,28). The Bertz CT molecular complexity index is 954. The first-order valence-electron chi connectivity index (χ1n) is 9.57. The molecule has 1 amide bonds. The van der Waals surface area contributed by atoms with Gasteiger partial charge in [0.2, 0.25) is 0 Å². The van der Waals surface area contributed by atoms with Crippen LogP contribution in [0.5, 0.6) is 5.75 Å². The Morgan fingerprint density at radius 3 is 2.24 bits per heavy atom. The van der Waals surface area contributed by atoms with Crippen LogP contribution in [0, 0.1) is 0 Å². The highest BCUT2D eigenvalue weighted by Gasteiger charge is 2.19. The van der Waals surface area contributed by atoms with E-state index in [-0.39, 0.29) is 11.6 Å². The van der Waals surface area contributed by atoms with Gasteiger partial charge in [-0.05, 0) is 36.4 Å². The van der Waals surface area contributed by atoms with Gasteiger partial charge < -0.3 is 19.9 Å². The van der Waals surface area contributed by atoms with Crippen LogP contribution in [0.2, 0.25) is 0 Å². The average molecular weight is 389 g/mol. The molecule has 148 valence electrons. The number of piperazine rings is 1. The van der Waals surface area contributed by atoms with E-state index in [9.17, 15) is 4.79 Å². The molecule has 0 atom stereocenters. The Morgan fingerprint density at radius 1 is 0.862 bits per heavy atom. The van der Waals surface area contributed by atoms with E-state index in [4.69, 9.17) is 4.74 Å². The van der Waals surface area contributed by atoms with Crippen LogP contribution in [0.3, 0.4) is 0 Å². The quantitative estimate of drug-likeness (QED) is 0.723. The van der Waals surface area contributed by atoms with Crippen molar-refractivity contribution in [2.24, 2.45) is 0 Å².